The van der Waals surface area contributed by atoms with Crippen molar-refractivity contribution in [2.24, 2.45) is 18.4 Å². The minimum atomic E-state index is -0.185. The van der Waals surface area contributed by atoms with E-state index in [0.29, 0.717) is 22.7 Å². The molecule has 0 spiro atoms. The molecule has 0 radical (unpaired) electrons. The molecular formula is C29H34N6O. The quantitative estimate of drug-likeness (QED) is 0.368. The Kier molecular flexibility index (Phi) is 6.48. The number of imidazole rings is 1. The Morgan fingerprint density at radius 2 is 1.86 bits per heavy atom. The molecule has 7 nitrogen and oxygen atoms in total. The van der Waals surface area contributed by atoms with Crippen LogP contribution in [0.15, 0.2) is 61.3 Å². The summed E-state index contributed by atoms with van der Waals surface area (Å²) in [4.78, 5) is 28.6. The third-order valence-electron chi connectivity index (χ3n) is 7.28. The van der Waals surface area contributed by atoms with Gasteiger partial charge in [0, 0.05) is 49.0 Å². The zero-order valence-electron chi connectivity index (χ0n) is 21.5. The van der Waals surface area contributed by atoms with Gasteiger partial charge in [0.15, 0.2) is 0 Å². The highest BCUT2D eigenvalue weighted by atomic mass is 16.1. The highest BCUT2D eigenvalue weighted by Crippen LogP contribution is 2.38. The molecule has 7 heteroatoms. The third kappa shape index (κ3) is 5.10. The zero-order valence-corrected chi connectivity index (χ0v) is 21.5. The average molecular weight is 483 g/mol. The largest absolute Gasteiger partial charge is 0.357 e. The number of aryl methyl sites for hydroxylation is 1. The van der Waals surface area contributed by atoms with Crippen LogP contribution in [0.3, 0.4) is 0 Å². The molecule has 3 aromatic heterocycles. The van der Waals surface area contributed by atoms with Crippen LogP contribution in [-0.4, -0.2) is 38.5 Å². The van der Waals surface area contributed by atoms with Gasteiger partial charge in [0.1, 0.15) is 11.6 Å². The molecule has 36 heavy (non-hydrogen) atoms. The number of aromatic nitrogens is 4. The van der Waals surface area contributed by atoms with E-state index in [1.165, 1.54) is 6.42 Å². The van der Waals surface area contributed by atoms with Crippen LogP contribution in [0, 0.1) is 11.3 Å². The maximum atomic E-state index is 13.1. The summed E-state index contributed by atoms with van der Waals surface area (Å²) >= 11 is 0. The maximum absolute atomic E-state index is 13.1. The number of piperidine rings is 1. The molecule has 0 bridgehead atoms. The monoisotopic (exact) mass is 482 g/mol. The van der Waals surface area contributed by atoms with E-state index in [1.54, 1.807) is 24.8 Å². The lowest BCUT2D eigenvalue weighted by atomic mass is 9.74. The Hall–Kier alpha value is -3.74. The minimum absolute atomic E-state index is 0.185. The Morgan fingerprint density at radius 3 is 2.58 bits per heavy atom. The van der Waals surface area contributed by atoms with Gasteiger partial charge < -0.3 is 14.8 Å². The Bertz CT molecular complexity index is 1380. The molecule has 186 valence electrons. The number of anilines is 2. The smallest absolute Gasteiger partial charge is 0.257 e. The summed E-state index contributed by atoms with van der Waals surface area (Å²) in [5.74, 6) is 1.91. The van der Waals surface area contributed by atoms with Gasteiger partial charge in [0.25, 0.3) is 5.91 Å². The number of amides is 1. The second-order valence-electron chi connectivity index (χ2n) is 10.8. The van der Waals surface area contributed by atoms with E-state index in [4.69, 9.17) is 0 Å². The van der Waals surface area contributed by atoms with Gasteiger partial charge in [-0.2, -0.15) is 0 Å². The molecule has 1 aliphatic rings. The first-order valence-corrected chi connectivity index (χ1v) is 12.7. The predicted octanol–water partition coefficient (Wildman–Crippen LogP) is 5.94. The fourth-order valence-corrected chi connectivity index (χ4v) is 5.39. The van der Waals surface area contributed by atoms with Crippen LogP contribution in [0.5, 0.6) is 0 Å². The van der Waals surface area contributed by atoms with Crippen LogP contribution in [0.25, 0.3) is 22.0 Å². The summed E-state index contributed by atoms with van der Waals surface area (Å²) in [7, 11) is 1.97. The van der Waals surface area contributed by atoms with Gasteiger partial charge in [-0.25, -0.2) is 15.0 Å². The summed E-state index contributed by atoms with van der Waals surface area (Å²) in [6.07, 6.45) is 10.7. The van der Waals surface area contributed by atoms with E-state index in [0.717, 1.165) is 53.8 Å². The van der Waals surface area contributed by atoms with Crippen molar-refractivity contribution in [3.63, 3.8) is 0 Å². The van der Waals surface area contributed by atoms with Gasteiger partial charge in [0.05, 0.1) is 18.2 Å². The van der Waals surface area contributed by atoms with Crippen molar-refractivity contribution in [2.45, 2.75) is 40.0 Å². The van der Waals surface area contributed by atoms with Gasteiger partial charge in [-0.05, 0) is 60.2 Å². The standard InChI is InChI=1S/C29H34N6O/c1-20(2)16-29(3)8-11-35(12-9-29)27-15-22(7-10-31-27)28(36)33-26-14-24-13-21(5-6-23(24)17-32-26)25-18-30-19-34(25)4/h5-7,10,13-15,17-20H,8-9,11-12,16H2,1-4H3,(H,32,33,36). The summed E-state index contributed by atoms with van der Waals surface area (Å²) in [6.45, 7) is 8.92. The number of carbonyl (C=O) groups is 1. The van der Waals surface area contributed by atoms with Crippen LogP contribution >= 0.6 is 0 Å². The van der Waals surface area contributed by atoms with Crippen molar-refractivity contribution in [3.05, 3.63) is 66.9 Å². The number of nitrogens with zero attached hydrogens (tertiary/aromatic N) is 5. The molecule has 1 amide bonds. The predicted molar refractivity (Wildman–Crippen MR) is 145 cm³/mol. The molecule has 1 saturated heterocycles. The first-order valence-electron chi connectivity index (χ1n) is 12.7. The van der Waals surface area contributed by atoms with E-state index in [9.17, 15) is 4.79 Å². The number of nitrogens with one attached hydrogen (secondary N) is 1. The van der Waals surface area contributed by atoms with Crippen molar-refractivity contribution < 1.29 is 4.79 Å². The fraction of sp³-hybridized carbons (Fsp3) is 0.379. The molecule has 1 aromatic carbocycles. The zero-order chi connectivity index (χ0) is 25.3. The molecule has 0 unspecified atom stereocenters. The number of carbonyl (C=O) groups excluding carboxylic acids is 1. The van der Waals surface area contributed by atoms with Crippen LogP contribution < -0.4 is 10.2 Å². The molecule has 0 aliphatic carbocycles. The summed E-state index contributed by atoms with van der Waals surface area (Å²) in [5.41, 5.74) is 3.07. The molecule has 4 aromatic rings. The molecule has 1 fully saturated rings. The maximum Gasteiger partial charge on any atom is 0.257 e. The number of benzene rings is 1. The number of rotatable bonds is 6. The van der Waals surface area contributed by atoms with Gasteiger partial charge in [-0.3, -0.25) is 4.79 Å². The highest BCUT2D eigenvalue weighted by Gasteiger charge is 2.31. The molecular weight excluding hydrogens is 448 g/mol. The molecule has 4 heterocycles. The van der Waals surface area contributed by atoms with Gasteiger partial charge in [0.2, 0.25) is 0 Å². The van der Waals surface area contributed by atoms with E-state index >= 15 is 0 Å². The van der Waals surface area contributed by atoms with E-state index in [2.05, 4.69) is 58.1 Å². The summed E-state index contributed by atoms with van der Waals surface area (Å²) in [5, 5.41) is 4.99. The number of fused-ring (bicyclic) bond motifs is 1. The average Bonchev–Trinajstić information content (AvgIpc) is 3.29. The van der Waals surface area contributed by atoms with E-state index in [-0.39, 0.29) is 5.91 Å². The Morgan fingerprint density at radius 1 is 1.06 bits per heavy atom. The van der Waals surface area contributed by atoms with Crippen molar-refractivity contribution in [1.82, 2.24) is 19.5 Å². The summed E-state index contributed by atoms with van der Waals surface area (Å²) in [6, 6.07) is 11.8. The van der Waals surface area contributed by atoms with Crippen molar-refractivity contribution >= 4 is 28.3 Å². The van der Waals surface area contributed by atoms with Gasteiger partial charge >= 0.3 is 0 Å². The lowest BCUT2D eigenvalue weighted by molar-refractivity contribution is 0.102. The van der Waals surface area contributed by atoms with Crippen LogP contribution in [0.1, 0.15) is 50.4 Å². The van der Waals surface area contributed by atoms with Crippen molar-refractivity contribution in [1.29, 1.82) is 0 Å². The second kappa shape index (κ2) is 9.72. The third-order valence-corrected chi connectivity index (χ3v) is 7.28. The van der Waals surface area contributed by atoms with Gasteiger partial charge in [-0.15, -0.1) is 0 Å². The first kappa shape index (κ1) is 24.0. The lowest BCUT2D eigenvalue weighted by Gasteiger charge is -2.41. The normalized spacial score (nSPS) is 15.4. The summed E-state index contributed by atoms with van der Waals surface area (Å²) < 4.78 is 1.99. The topological polar surface area (TPSA) is 75.9 Å². The Balaban J connectivity index is 1.30. The SMILES string of the molecule is CC(C)CC1(C)CCN(c2cc(C(=O)Nc3cc4cc(-c5cncn5C)ccc4cn3)ccn2)CC1. The fourth-order valence-electron chi connectivity index (χ4n) is 5.39. The number of hydrogen-bond donors (Lipinski definition) is 1. The van der Waals surface area contributed by atoms with Crippen LogP contribution in [0.4, 0.5) is 11.6 Å². The first-order chi connectivity index (χ1) is 17.3. The number of pyridine rings is 2. The highest BCUT2D eigenvalue weighted by molar-refractivity contribution is 6.05. The Labute approximate surface area is 212 Å². The molecule has 1 N–H and O–H groups in total. The van der Waals surface area contributed by atoms with E-state index in [1.807, 2.05) is 36.0 Å². The van der Waals surface area contributed by atoms with E-state index < -0.39 is 0 Å². The second-order valence-corrected chi connectivity index (χ2v) is 10.8. The lowest BCUT2D eigenvalue weighted by Crippen LogP contribution is -2.39. The molecule has 1 aliphatic heterocycles. The van der Waals surface area contributed by atoms with Crippen LogP contribution in [0.2, 0.25) is 0 Å². The molecule has 0 atom stereocenters. The molecule has 5 rings (SSSR count). The minimum Gasteiger partial charge on any atom is -0.357 e. The number of hydrogen-bond acceptors (Lipinski definition) is 5. The van der Waals surface area contributed by atoms with Crippen molar-refractivity contribution in [2.75, 3.05) is 23.3 Å². The van der Waals surface area contributed by atoms with Crippen molar-refractivity contribution in [3.8, 4) is 11.3 Å². The van der Waals surface area contributed by atoms with Gasteiger partial charge in [-0.1, -0.05) is 32.9 Å². The molecule has 0 saturated carbocycles. The van der Waals surface area contributed by atoms with Crippen LogP contribution in [-0.2, 0) is 7.05 Å².